The topological polar surface area (TPSA) is 78.9 Å². The smallest absolute Gasteiger partial charge is 0.306 e. The van der Waals surface area contributed by atoms with Gasteiger partial charge < -0.3 is 14.2 Å². The van der Waals surface area contributed by atoms with E-state index in [-0.39, 0.29) is 31.1 Å². The van der Waals surface area contributed by atoms with Gasteiger partial charge in [0.25, 0.3) is 0 Å². The summed E-state index contributed by atoms with van der Waals surface area (Å²) in [6.07, 6.45) is 29.8. The van der Waals surface area contributed by atoms with Crippen LogP contribution in [0.1, 0.15) is 214 Å². The number of hydrogen-bond acceptors (Lipinski definition) is 6. The molecule has 278 valence electrons. The van der Waals surface area contributed by atoms with Crippen LogP contribution in [0.4, 0.5) is 0 Å². The lowest BCUT2D eigenvalue weighted by atomic mass is 10.0. The SMILES string of the molecule is CCCCCCCC(=O)O[C@H](COC(=O)CCCCCCCCCCCCC(C)C)COC(=O)CCCCCCCCCCC(C)C. The summed E-state index contributed by atoms with van der Waals surface area (Å²) in [4.78, 5) is 37.3. The van der Waals surface area contributed by atoms with Crippen molar-refractivity contribution in [1.82, 2.24) is 0 Å². The fourth-order valence-electron chi connectivity index (χ4n) is 5.87. The first kappa shape index (κ1) is 45.4. The highest BCUT2D eigenvalue weighted by molar-refractivity contribution is 5.71. The van der Waals surface area contributed by atoms with E-state index in [0.717, 1.165) is 76.0 Å². The lowest BCUT2D eigenvalue weighted by Crippen LogP contribution is -2.30. The predicted molar refractivity (Wildman–Crippen MR) is 196 cm³/mol. The Hall–Kier alpha value is -1.59. The third kappa shape index (κ3) is 35.5. The molecule has 0 aromatic heterocycles. The number of ether oxygens (including phenoxy) is 3. The summed E-state index contributed by atoms with van der Waals surface area (Å²) in [6, 6.07) is 0. The first-order valence-electron chi connectivity index (χ1n) is 20.2. The molecule has 0 N–H and O–H groups in total. The van der Waals surface area contributed by atoms with E-state index in [2.05, 4.69) is 34.6 Å². The average Bonchev–Trinajstić information content (AvgIpc) is 3.03. The van der Waals surface area contributed by atoms with Crippen molar-refractivity contribution < 1.29 is 28.6 Å². The molecule has 0 amide bonds. The summed E-state index contributed by atoms with van der Waals surface area (Å²) in [7, 11) is 0. The molecule has 1 atom stereocenters. The molecule has 0 fully saturated rings. The van der Waals surface area contributed by atoms with Crippen LogP contribution in [-0.4, -0.2) is 37.2 Å². The van der Waals surface area contributed by atoms with E-state index >= 15 is 0 Å². The van der Waals surface area contributed by atoms with Crippen LogP contribution in [0.5, 0.6) is 0 Å². The Morgan fingerprint density at radius 3 is 1.04 bits per heavy atom. The second kappa shape index (κ2) is 34.3. The Morgan fingerprint density at radius 1 is 0.404 bits per heavy atom. The third-order valence-corrected chi connectivity index (χ3v) is 8.97. The van der Waals surface area contributed by atoms with Crippen molar-refractivity contribution in [2.75, 3.05) is 13.2 Å². The maximum absolute atomic E-state index is 12.5. The number of hydrogen-bond donors (Lipinski definition) is 0. The van der Waals surface area contributed by atoms with Gasteiger partial charge in [-0.2, -0.15) is 0 Å². The first-order valence-corrected chi connectivity index (χ1v) is 20.2. The van der Waals surface area contributed by atoms with Gasteiger partial charge in [0, 0.05) is 19.3 Å². The predicted octanol–water partition coefficient (Wildman–Crippen LogP) is 12.2. The summed E-state index contributed by atoms with van der Waals surface area (Å²) in [5.41, 5.74) is 0. The van der Waals surface area contributed by atoms with Gasteiger partial charge in [-0.05, 0) is 31.1 Å². The maximum atomic E-state index is 12.5. The molecule has 0 saturated carbocycles. The van der Waals surface area contributed by atoms with Crippen molar-refractivity contribution in [3.05, 3.63) is 0 Å². The van der Waals surface area contributed by atoms with Crippen molar-refractivity contribution >= 4 is 17.9 Å². The molecule has 0 heterocycles. The van der Waals surface area contributed by atoms with Crippen LogP contribution >= 0.6 is 0 Å². The number of esters is 3. The number of rotatable bonds is 35. The van der Waals surface area contributed by atoms with Gasteiger partial charge in [0.1, 0.15) is 13.2 Å². The van der Waals surface area contributed by atoms with Crippen molar-refractivity contribution in [1.29, 1.82) is 0 Å². The maximum Gasteiger partial charge on any atom is 0.306 e. The lowest BCUT2D eigenvalue weighted by molar-refractivity contribution is -0.167. The third-order valence-electron chi connectivity index (χ3n) is 8.97. The van der Waals surface area contributed by atoms with Crippen LogP contribution in [0.15, 0.2) is 0 Å². The molecule has 0 unspecified atom stereocenters. The molecule has 0 aliphatic carbocycles. The largest absolute Gasteiger partial charge is 0.462 e. The van der Waals surface area contributed by atoms with Crippen molar-refractivity contribution in [3.63, 3.8) is 0 Å². The number of carbonyl (C=O) groups is 3. The fraction of sp³-hybridized carbons (Fsp3) is 0.927. The molecule has 0 aliphatic rings. The summed E-state index contributed by atoms with van der Waals surface area (Å²) < 4.78 is 16.5. The van der Waals surface area contributed by atoms with E-state index in [1.807, 2.05) is 0 Å². The Morgan fingerprint density at radius 2 is 0.702 bits per heavy atom. The Labute approximate surface area is 291 Å². The molecule has 6 nitrogen and oxygen atoms in total. The van der Waals surface area contributed by atoms with Crippen LogP contribution in [0.3, 0.4) is 0 Å². The van der Waals surface area contributed by atoms with Crippen molar-refractivity contribution in [2.24, 2.45) is 11.8 Å². The van der Waals surface area contributed by atoms with Gasteiger partial charge in [-0.15, -0.1) is 0 Å². The van der Waals surface area contributed by atoms with Gasteiger partial charge >= 0.3 is 17.9 Å². The second-order valence-corrected chi connectivity index (χ2v) is 14.9. The van der Waals surface area contributed by atoms with Gasteiger partial charge in [0.2, 0.25) is 0 Å². The summed E-state index contributed by atoms with van der Waals surface area (Å²) in [5, 5.41) is 0. The number of carbonyl (C=O) groups excluding carboxylic acids is 3. The zero-order valence-corrected chi connectivity index (χ0v) is 31.9. The molecule has 0 bridgehead atoms. The van der Waals surface area contributed by atoms with Gasteiger partial charge in [-0.1, -0.05) is 176 Å². The average molecular weight is 667 g/mol. The highest BCUT2D eigenvalue weighted by atomic mass is 16.6. The standard InChI is InChI=1S/C41H78O6/c1-6-7-8-19-28-33-41(44)47-38(35-46-40(43)32-27-23-18-14-13-16-21-25-30-37(4)5)34-45-39(42)31-26-22-17-12-10-9-11-15-20-24-29-36(2)3/h36-38H,6-35H2,1-5H3/t38-/m1/s1. The Balaban J connectivity index is 4.21. The molecule has 0 radical (unpaired) electrons. The Kier molecular flexibility index (Phi) is 33.1. The van der Waals surface area contributed by atoms with E-state index in [1.165, 1.54) is 96.3 Å². The zero-order chi connectivity index (χ0) is 34.8. The minimum atomic E-state index is -0.757. The second-order valence-electron chi connectivity index (χ2n) is 14.9. The normalized spacial score (nSPS) is 12.1. The van der Waals surface area contributed by atoms with Gasteiger partial charge in [-0.25, -0.2) is 0 Å². The van der Waals surface area contributed by atoms with Crippen LogP contribution in [0, 0.1) is 11.8 Å². The molecular weight excluding hydrogens is 588 g/mol. The van der Waals surface area contributed by atoms with Crippen LogP contribution in [-0.2, 0) is 28.6 Å². The van der Waals surface area contributed by atoms with Crippen LogP contribution < -0.4 is 0 Å². The van der Waals surface area contributed by atoms with E-state index in [1.54, 1.807) is 0 Å². The van der Waals surface area contributed by atoms with E-state index < -0.39 is 6.10 Å². The zero-order valence-electron chi connectivity index (χ0n) is 31.9. The van der Waals surface area contributed by atoms with E-state index in [0.29, 0.717) is 19.3 Å². The molecule has 0 aromatic rings. The fourth-order valence-corrected chi connectivity index (χ4v) is 5.87. The quantitative estimate of drug-likeness (QED) is 0.0380. The summed E-state index contributed by atoms with van der Waals surface area (Å²) in [6.45, 7) is 11.2. The monoisotopic (exact) mass is 667 g/mol. The van der Waals surface area contributed by atoms with Gasteiger partial charge in [-0.3, -0.25) is 14.4 Å². The molecule has 47 heavy (non-hydrogen) atoms. The number of unbranched alkanes of at least 4 members (excludes halogenated alkanes) is 20. The van der Waals surface area contributed by atoms with Crippen molar-refractivity contribution in [3.8, 4) is 0 Å². The summed E-state index contributed by atoms with van der Waals surface area (Å²) in [5.74, 6) is 0.735. The van der Waals surface area contributed by atoms with E-state index in [4.69, 9.17) is 14.2 Å². The molecular formula is C41H78O6. The Bertz CT molecular complexity index is 719. The molecule has 0 saturated heterocycles. The van der Waals surface area contributed by atoms with E-state index in [9.17, 15) is 14.4 Å². The minimum Gasteiger partial charge on any atom is -0.462 e. The molecule has 0 aromatic carbocycles. The first-order chi connectivity index (χ1) is 22.7. The lowest BCUT2D eigenvalue weighted by Gasteiger charge is -2.18. The van der Waals surface area contributed by atoms with Crippen LogP contribution in [0.2, 0.25) is 0 Å². The van der Waals surface area contributed by atoms with Gasteiger partial charge in [0.15, 0.2) is 6.10 Å². The van der Waals surface area contributed by atoms with Crippen LogP contribution in [0.25, 0.3) is 0 Å². The molecule has 0 aliphatic heterocycles. The molecule has 0 rings (SSSR count). The highest BCUT2D eigenvalue weighted by Gasteiger charge is 2.19. The summed E-state index contributed by atoms with van der Waals surface area (Å²) >= 11 is 0. The molecule has 6 heteroatoms. The molecule has 0 spiro atoms. The van der Waals surface area contributed by atoms with Gasteiger partial charge in [0.05, 0.1) is 0 Å². The highest BCUT2D eigenvalue weighted by Crippen LogP contribution is 2.15. The van der Waals surface area contributed by atoms with Crippen molar-refractivity contribution in [2.45, 2.75) is 221 Å². The minimum absolute atomic E-state index is 0.0674.